The van der Waals surface area contributed by atoms with E-state index in [2.05, 4.69) is 51.5 Å². The first-order chi connectivity index (χ1) is 15.6. The summed E-state index contributed by atoms with van der Waals surface area (Å²) in [5.41, 5.74) is 5.36. The largest absolute Gasteiger partial charge is 0.378 e. The van der Waals surface area contributed by atoms with Crippen molar-refractivity contribution in [3.63, 3.8) is 0 Å². The molecule has 0 saturated carbocycles. The highest BCUT2D eigenvalue weighted by atomic mass is 16.5. The van der Waals surface area contributed by atoms with E-state index in [-0.39, 0.29) is 11.9 Å². The molecule has 0 radical (unpaired) electrons. The van der Waals surface area contributed by atoms with Gasteiger partial charge in [-0.05, 0) is 43.3 Å². The highest BCUT2D eigenvalue weighted by Crippen LogP contribution is 2.28. The smallest absolute Gasteiger partial charge is 0.241 e. The third-order valence-corrected chi connectivity index (χ3v) is 6.05. The van der Waals surface area contributed by atoms with Crippen molar-refractivity contribution in [3.05, 3.63) is 84.4 Å². The van der Waals surface area contributed by atoms with E-state index < -0.39 is 0 Å². The van der Waals surface area contributed by atoms with Gasteiger partial charge in [0, 0.05) is 36.6 Å². The van der Waals surface area contributed by atoms with Gasteiger partial charge in [-0.3, -0.25) is 9.69 Å². The number of carbonyl (C=O) groups excluding carboxylic acids is 1. The second kappa shape index (κ2) is 10.4. The lowest BCUT2D eigenvalue weighted by Gasteiger charge is -2.29. The molecule has 1 aliphatic heterocycles. The van der Waals surface area contributed by atoms with Crippen molar-refractivity contribution in [2.45, 2.75) is 19.5 Å². The fourth-order valence-electron chi connectivity index (χ4n) is 3.96. The first kappa shape index (κ1) is 22.1. The maximum atomic E-state index is 13.0. The average Bonchev–Trinajstić information content (AvgIpc) is 2.85. The Bertz CT molecular complexity index is 1010. The summed E-state index contributed by atoms with van der Waals surface area (Å²) in [5, 5.41) is 3.13. The van der Waals surface area contributed by atoms with Gasteiger partial charge in [0.25, 0.3) is 0 Å². The van der Waals surface area contributed by atoms with Gasteiger partial charge in [-0.1, -0.05) is 60.7 Å². The molecule has 5 heteroatoms. The molecule has 1 fully saturated rings. The van der Waals surface area contributed by atoms with E-state index in [9.17, 15) is 4.79 Å². The molecule has 166 valence electrons. The van der Waals surface area contributed by atoms with E-state index in [1.165, 1.54) is 11.3 Å². The van der Waals surface area contributed by atoms with Crippen molar-refractivity contribution in [2.24, 2.45) is 0 Å². The van der Waals surface area contributed by atoms with Crippen LogP contribution in [0.25, 0.3) is 11.1 Å². The molecule has 0 aromatic heterocycles. The summed E-state index contributed by atoms with van der Waals surface area (Å²) in [6.45, 7) is 6.08. The van der Waals surface area contributed by atoms with Crippen molar-refractivity contribution < 1.29 is 9.53 Å². The van der Waals surface area contributed by atoms with Crippen LogP contribution in [0, 0.1) is 0 Å². The summed E-state index contributed by atoms with van der Waals surface area (Å²) < 4.78 is 5.44. The zero-order valence-electron chi connectivity index (χ0n) is 18.8. The number of para-hydroxylation sites is 1. The Morgan fingerprint density at radius 2 is 1.62 bits per heavy atom. The highest BCUT2D eigenvalue weighted by molar-refractivity contribution is 5.98. The van der Waals surface area contributed by atoms with Gasteiger partial charge in [0.1, 0.15) is 0 Å². The second-order valence-corrected chi connectivity index (χ2v) is 8.26. The van der Waals surface area contributed by atoms with Gasteiger partial charge in [-0.25, -0.2) is 0 Å². The van der Waals surface area contributed by atoms with Gasteiger partial charge in [0.2, 0.25) is 5.91 Å². The molecule has 0 bridgehead atoms. The standard InChI is InChI=1S/C27H31N3O2/c1-21(27(31)28-26-11-7-6-10-25(26)23-8-4-3-5-9-23)29(2)20-22-12-14-24(15-13-22)30-16-18-32-19-17-30/h3-15,21H,16-20H2,1-2H3,(H,28,31)/t21-/m0/s1. The molecule has 1 atom stereocenters. The van der Waals surface area contributed by atoms with Crippen molar-refractivity contribution in [2.75, 3.05) is 43.6 Å². The Balaban J connectivity index is 1.38. The Labute approximate surface area is 190 Å². The molecule has 0 unspecified atom stereocenters. The van der Waals surface area contributed by atoms with E-state index in [1.54, 1.807) is 0 Å². The van der Waals surface area contributed by atoms with Crippen molar-refractivity contribution in [1.82, 2.24) is 4.90 Å². The maximum Gasteiger partial charge on any atom is 0.241 e. The summed E-state index contributed by atoms with van der Waals surface area (Å²) in [4.78, 5) is 17.4. The molecule has 0 aliphatic carbocycles. The van der Waals surface area contributed by atoms with Gasteiger partial charge < -0.3 is 15.0 Å². The van der Waals surface area contributed by atoms with Crippen LogP contribution in [-0.4, -0.2) is 50.2 Å². The lowest BCUT2D eigenvalue weighted by molar-refractivity contribution is -0.120. The number of hydrogen-bond acceptors (Lipinski definition) is 4. The number of anilines is 2. The third-order valence-electron chi connectivity index (χ3n) is 6.05. The fraction of sp³-hybridized carbons (Fsp3) is 0.296. The first-order valence-electron chi connectivity index (χ1n) is 11.2. The number of amides is 1. The predicted molar refractivity (Wildman–Crippen MR) is 131 cm³/mol. The first-order valence-corrected chi connectivity index (χ1v) is 11.2. The number of hydrogen-bond donors (Lipinski definition) is 1. The van der Waals surface area contributed by atoms with E-state index in [1.807, 2.05) is 56.4 Å². The summed E-state index contributed by atoms with van der Waals surface area (Å²) in [7, 11) is 1.99. The summed E-state index contributed by atoms with van der Waals surface area (Å²) in [5.74, 6) is -0.0131. The number of carbonyl (C=O) groups is 1. The molecule has 1 aliphatic rings. The van der Waals surface area contributed by atoms with Crippen LogP contribution in [0.4, 0.5) is 11.4 Å². The topological polar surface area (TPSA) is 44.8 Å². The number of nitrogens with one attached hydrogen (secondary N) is 1. The lowest BCUT2D eigenvalue weighted by atomic mass is 10.0. The van der Waals surface area contributed by atoms with E-state index >= 15 is 0 Å². The third kappa shape index (κ3) is 5.36. The maximum absolute atomic E-state index is 13.0. The van der Waals surface area contributed by atoms with Crippen molar-refractivity contribution in [1.29, 1.82) is 0 Å². The highest BCUT2D eigenvalue weighted by Gasteiger charge is 2.20. The molecule has 1 amide bonds. The van der Waals surface area contributed by atoms with Crippen molar-refractivity contribution in [3.8, 4) is 11.1 Å². The minimum absolute atomic E-state index is 0.0131. The van der Waals surface area contributed by atoms with Crippen LogP contribution < -0.4 is 10.2 Å². The molecular formula is C27H31N3O2. The zero-order chi connectivity index (χ0) is 22.3. The monoisotopic (exact) mass is 429 g/mol. The molecule has 1 N–H and O–H groups in total. The molecular weight excluding hydrogens is 398 g/mol. The van der Waals surface area contributed by atoms with E-state index in [0.29, 0.717) is 6.54 Å². The number of ether oxygens (including phenoxy) is 1. The Morgan fingerprint density at radius 3 is 2.34 bits per heavy atom. The summed E-state index contributed by atoms with van der Waals surface area (Å²) in [6, 6.07) is 26.4. The van der Waals surface area contributed by atoms with Crippen LogP contribution in [0.5, 0.6) is 0 Å². The summed E-state index contributed by atoms with van der Waals surface area (Å²) in [6.07, 6.45) is 0. The Morgan fingerprint density at radius 1 is 0.969 bits per heavy atom. The minimum atomic E-state index is -0.266. The molecule has 3 aromatic carbocycles. The molecule has 1 heterocycles. The number of likely N-dealkylation sites (N-methyl/N-ethyl adjacent to an activating group) is 1. The van der Waals surface area contributed by atoms with E-state index in [0.717, 1.165) is 43.1 Å². The number of rotatable bonds is 7. The van der Waals surface area contributed by atoms with Crippen LogP contribution >= 0.6 is 0 Å². The van der Waals surface area contributed by atoms with E-state index in [4.69, 9.17) is 4.74 Å². The predicted octanol–water partition coefficient (Wildman–Crippen LogP) is 4.65. The quantitative estimate of drug-likeness (QED) is 0.594. The molecule has 4 rings (SSSR count). The lowest BCUT2D eigenvalue weighted by Crippen LogP contribution is -2.39. The summed E-state index contributed by atoms with van der Waals surface area (Å²) >= 11 is 0. The number of benzene rings is 3. The van der Waals surface area contributed by atoms with Gasteiger partial charge in [-0.2, -0.15) is 0 Å². The Kier molecular flexibility index (Phi) is 7.20. The van der Waals surface area contributed by atoms with Crippen LogP contribution in [0.15, 0.2) is 78.9 Å². The molecule has 0 spiro atoms. The zero-order valence-corrected chi connectivity index (χ0v) is 18.8. The van der Waals surface area contributed by atoms with Gasteiger partial charge in [0.15, 0.2) is 0 Å². The van der Waals surface area contributed by atoms with Crippen LogP contribution in [0.1, 0.15) is 12.5 Å². The minimum Gasteiger partial charge on any atom is -0.378 e. The van der Waals surface area contributed by atoms with Gasteiger partial charge >= 0.3 is 0 Å². The molecule has 1 saturated heterocycles. The van der Waals surface area contributed by atoms with Crippen LogP contribution in [0.2, 0.25) is 0 Å². The average molecular weight is 430 g/mol. The Hall–Kier alpha value is -3.15. The van der Waals surface area contributed by atoms with Gasteiger partial charge in [-0.15, -0.1) is 0 Å². The van der Waals surface area contributed by atoms with Crippen LogP contribution in [-0.2, 0) is 16.1 Å². The number of nitrogens with zero attached hydrogens (tertiary/aromatic N) is 2. The molecule has 5 nitrogen and oxygen atoms in total. The second-order valence-electron chi connectivity index (χ2n) is 8.26. The van der Waals surface area contributed by atoms with Gasteiger partial charge in [0.05, 0.1) is 19.3 Å². The van der Waals surface area contributed by atoms with Crippen molar-refractivity contribution >= 4 is 17.3 Å². The SMILES string of the molecule is C[C@@H](C(=O)Nc1ccccc1-c1ccccc1)N(C)Cc1ccc(N2CCOCC2)cc1. The number of morpholine rings is 1. The fourth-order valence-corrected chi connectivity index (χ4v) is 3.96. The molecule has 32 heavy (non-hydrogen) atoms. The molecule has 3 aromatic rings. The normalized spacial score (nSPS) is 14.9. The van der Waals surface area contributed by atoms with Crippen LogP contribution in [0.3, 0.4) is 0 Å².